The molecular formula is C15H19N3O2. The predicted octanol–water partition coefficient (Wildman–Crippen LogP) is 2.50. The number of nitriles is 1. The summed E-state index contributed by atoms with van der Waals surface area (Å²) in [6.45, 7) is 7.94. The maximum Gasteiger partial charge on any atom is 0.350 e. The first kappa shape index (κ1) is 15.6. The van der Waals surface area contributed by atoms with Crippen LogP contribution < -0.4 is 10.9 Å². The number of rotatable bonds is 5. The molecule has 0 heterocycles. The molecule has 0 radical (unpaired) electrons. The van der Waals surface area contributed by atoms with E-state index in [1.165, 1.54) is 11.8 Å². The van der Waals surface area contributed by atoms with Crippen LogP contribution in [-0.2, 0) is 9.53 Å². The van der Waals surface area contributed by atoms with Gasteiger partial charge in [-0.15, -0.1) is 0 Å². The van der Waals surface area contributed by atoms with Gasteiger partial charge in [0.25, 0.3) is 0 Å². The number of hydrogen-bond donors (Lipinski definition) is 2. The fourth-order valence-corrected chi connectivity index (χ4v) is 1.90. The van der Waals surface area contributed by atoms with Gasteiger partial charge in [0.1, 0.15) is 6.07 Å². The van der Waals surface area contributed by atoms with Gasteiger partial charge in [-0.2, -0.15) is 5.26 Å². The van der Waals surface area contributed by atoms with E-state index in [4.69, 9.17) is 10.00 Å². The Morgan fingerprint density at radius 3 is 2.45 bits per heavy atom. The molecular weight excluding hydrogens is 254 g/mol. The molecule has 1 aromatic carbocycles. The van der Waals surface area contributed by atoms with Crippen molar-refractivity contribution in [2.45, 2.75) is 27.7 Å². The maximum absolute atomic E-state index is 11.4. The quantitative estimate of drug-likeness (QED) is 0.373. The average Bonchev–Trinajstić information content (AvgIpc) is 2.37. The van der Waals surface area contributed by atoms with Gasteiger partial charge in [-0.3, -0.25) is 0 Å². The lowest BCUT2D eigenvalue weighted by atomic mass is 10.1. The van der Waals surface area contributed by atoms with Gasteiger partial charge < -0.3 is 15.6 Å². The van der Waals surface area contributed by atoms with Crippen LogP contribution in [0, 0.1) is 32.1 Å². The molecule has 1 aromatic rings. The van der Waals surface area contributed by atoms with Crippen LogP contribution in [0.4, 0.5) is 5.69 Å². The van der Waals surface area contributed by atoms with E-state index >= 15 is 0 Å². The summed E-state index contributed by atoms with van der Waals surface area (Å²) in [5, 5.41) is 8.88. The van der Waals surface area contributed by atoms with Crippen molar-refractivity contribution in [3.05, 3.63) is 40.6 Å². The number of anilines is 1. The van der Waals surface area contributed by atoms with Crippen LogP contribution in [0.5, 0.6) is 0 Å². The Balaban J connectivity index is 2.77. The summed E-state index contributed by atoms with van der Waals surface area (Å²) in [6, 6.07) is 5.90. The van der Waals surface area contributed by atoms with Crippen molar-refractivity contribution in [2.24, 2.45) is 0 Å². The highest BCUT2D eigenvalue weighted by atomic mass is 16.5. The number of hydrazine groups is 1. The number of carbonyl (C=O) groups is 1. The summed E-state index contributed by atoms with van der Waals surface area (Å²) < 4.78 is 4.76. The highest BCUT2D eigenvalue weighted by molar-refractivity contribution is 5.92. The van der Waals surface area contributed by atoms with Gasteiger partial charge in [-0.1, -0.05) is 17.7 Å². The molecule has 0 saturated carbocycles. The Kier molecular flexibility index (Phi) is 5.60. The topological polar surface area (TPSA) is 74.2 Å². The SMILES string of the molecule is CCOC(=O)/C(C#N)=C/NNc1c(C)cc(C)cc1C. The van der Waals surface area contributed by atoms with Gasteiger partial charge in [0.15, 0.2) is 5.57 Å². The van der Waals surface area contributed by atoms with E-state index in [1.807, 2.05) is 20.8 Å². The van der Waals surface area contributed by atoms with Crippen molar-refractivity contribution in [1.29, 1.82) is 5.26 Å². The summed E-state index contributed by atoms with van der Waals surface area (Å²) in [4.78, 5) is 11.4. The number of aryl methyl sites for hydroxylation is 3. The first-order valence-electron chi connectivity index (χ1n) is 6.36. The second kappa shape index (κ2) is 7.19. The van der Waals surface area contributed by atoms with E-state index in [1.54, 1.807) is 13.0 Å². The summed E-state index contributed by atoms with van der Waals surface area (Å²) >= 11 is 0. The van der Waals surface area contributed by atoms with Crippen molar-refractivity contribution < 1.29 is 9.53 Å². The fraction of sp³-hybridized carbons (Fsp3) is 0.333. The summed E-state index contributed by atoms with van der Waals surface area (Å²) in [5.41, 5.74) is 9.93. The Bertz CT molecular complexity index is 548. The first-order chi connectivity index (χ1) is 9.49. The molecule has 5 heteroatoms. The number of esters is 1. The fourth-order valence-electron chi connectivity index (χ4n) is 1.90. The molecule has 0 aliphatic heterocycles. The molecule has 0 unspecified atom stereocenters. The van der Waals surface area contributed by atoms with Crippen LogP contribution in [0.15, 0.2) is 23.9 Å². The molecule has 2 N–H and O–H groups in total. The molecule has 5 nitrogen and oxygen atoms in total. The van der Waals surface area contributed by atoms with Crippen molar-refractivity contribution in [1.82, 2.24) is 5.43 Å². The second-order valence-corrected chi connectivity index (χ2v) is 4.43. The van der Waals surface area contributed by atoms with E-state index in [2.05, 4.69) is 23.0 Å². The third kappa shape index (κ3) is 4.02. The number of nitrogens with one attached hydrogen (secondary N) is 2. The van der Waals surface area contributed by atoms with E-state index in [9.17, 15) is 4.79 Å². The highest BCUT2D eigenvalue weighted by Crippen LogP contribution is 2.20. The molecule has 1 rings (SSSR count). The second-order valence-electron chi connectivity index (χ2n) is 4.43. The molecule has 0 spiro atoms. The van der Waals surface area contributed by atoms with Gasteiger partial charge >= 0.3 is 5.97 Å². The number of hydrogen-bond acceptors (Lipinski definition) is 5. The maximum atomic E-state index is 11.4. The Morgan fingerprint density at radius 1 is 1.35 bits per heavy atom. The largest absolute Gasteiger partial charge is 0.462 e. The Labute approximate surface area is 119 Å². The smallest absolute Gasteiger partial charge is 0.350 e. The van der Waals surface area contributed by atoms with E-state index in [-0.39, 0.29) is 12.2 Å². The molecule has 0 aliphatic rings. The highest BCUT2D eigenvalue weighted by Gasteiger charge is 2.09. The summed E-state index contributed by atoms with van der Waals surface area (Å²) in [7, 11) is 0. The first-order valence-corrected chi connectivity index (χ1v) is 6.36. The van der Waals surface area contributed by atoms with Crippen molar-refractivity contribution in [3.63, 3.8) is 0 Å². The van der Waals surface area contributed by atoms with Crippen LogP contribution >= 0.6 is 0 Å². The van der Waals surface area contributed by atoms with Crippen LogP contribution in [0.2, 0.25) is 0 Å². The zero-order valence-corrected chi connectivity index (χ0v) is 12.2. The number of nitrogens with zero attached hydrogens (tertiary/aromatic N) is 1. The van der Waals surface area contributed by atoms with E-state index in [0.717, 1.165) is 16.8 Å². The molecule has 0 aromatic heterocycles. The van der Waals surface area contributed by atoms with Crippen LogP contribution in [0.1, 0.15) is 23.6 Å². The van der Waals surface area contributed by atoms with Gasteiger partial charge in [-0.25, -0.2) is 4.79 Å². The monoisotopic (exact) mass is 273 g/mol. The molecule has 0 aliphatic carbocycles. The van der Waals surface area contributed by atoms with Gasteiger partial charge in [0, 0.05) is 6.20 Å². The predicted molar refractivity (Wildman–Crippen MR) is 77.7 cm³/mol. The minimum atomic E-state index is -0.637. The Morgan fingerprint density at radius 2 is 1.95 bits per heavy atom. The number of ether oxygens (including phenoxy) is 1. The average molecular weight is 273 g/mol. The lowest BCUT2D eigenvalue weighted by molar-refractivity contribution is -0.138. The molecule has 0 amide bonds. The summed E-state index contributed by atoms with van der Waals surface area (Å²) in [6.07, 6.45) is 1.30. The van der Waals surface area contributed by atoms with Crippen LogP contribution in [0.3, 0.4) is 0 Å². The van der Waals surface area contributed by atoms with Crippen molar-refractivity contribution >= 4 is 11.7 Å². The minimum Gasteiger partial charge on any atom is -0.462 e. The van der Waals surface area contributed by atoms with Gasteiger partial charge in [0.2, 0.25) is 0 Å². The van der Waals surface area contributed by atoms with E-state index < -0.39 is 5.97 Å². The lowest BCUT2D eigenvalue weighted by Gasteiger charge is -2.13. The third-order valence-corrected chi connectivity index (χ3v) is 2.71. The van der Waals surface area contributed by atoms with Crippen molar-refractivity contribution in [3.8, 4) is 6.07 Å². The molecule has 106 valence electrons. The third-order valence-electron chi connectivity index (χ3n) is 2.71. The molecule has 0 atom stereocenters. The normalized spacial score (nSPS) is 10.7. The van der Waals surface area contributed by atoms with Crippen LogP contribution in [0.25, 0.3) is 0 Å². The lowest BCUT2D eigenvalue weighted by Crippen LogP contribution is -2.19. The van der Waals surface area contributed by atoms with Gasteiger partial charge in [0.05, 0.1) is 12.3 Å². The molecule has 0 fully saturated rings. The molecule has 0 bridgehead atoms. The zero-order valence-electron chi connectivity index (χ0n) is 12.2. The Hall–Kier alpha value is -2.48. The minimum absolute atomic E-state index is 0.0817. The zero-order chi connectivity index (χ0) is 15.1. The van der Waals surface area contributed by atoms with Gasteiger partial charge in [-0.05, 0) is 38.8 Å². The van der Waals surface area contributed by atoms with E-state index in [0.29, 0.717) is 0 Å². The standard InChI is InChI=1S/C15H19N3O2/c1-5-20-15(19)13(8-16)9-17-18-14-11(3)6-10(2)7-12(14)4/h6-7,9,17-18H,5H2,1-4H3/b13-9+. The molecule has 20 heavy (non-hydrogen) atoms. The van der Waals surface area contributed by atoms with Crippen molar-refractivity contribution in [2.75, 3.05) is 12.0 Å². The molecule has 0 saturated heterocycles. The number of carbonyl (C=O) groups excluding carboxylic acids is 1. The summed E-state index contributed by atoms with van der Waals surface area (Å²) in [5.74, 6) is -0.637. The van der Waals surface area contributed by atoms with Crippen LogP contribution in [-0.4, -0.2) is 12.6 Å². The number of benzene rings is 1.